The van der Waals surface area contributed by atoms with E-state index in [2.05, 4.69) is 42.2 Å². The van der Waals surface area contributed by atoms with Gasteiger partial charge in [0, 0.05) is 25.7 Å². The van der Waals surface area contributed by atoms with Crippen LogP contribution in [-0.2, 0) is 6.54 Å². The third-order valence-corrected chi connectivity index (χ3v) is 4.92. The van der Waals surface area contributed by atoms with E-state index in [0.29, 0.717) is 0 Å². The number of hydrogen-bond donors (Lipinski definition) is 1. The molecule has 0 aliphatic heterocycles. The van der Waals surface area contributed by atoms with Gasteiger partial charge in [-0.2, -0.15) is 0 Å². The summed E-state index contributed by atoms with van der Waals surface area (Å²) < 4.78 is 0. The Morgan fingerprint density at radius 3 is 2.62 bits per heavy atom. The van der Waals surface area contributed by atoms with E-state index in [1.807, 2.05) is 0 Å². The van der Waals surface area contributed by atoms with Crippen molar-refractivity contribution in [1.29, 1.82) is 0 Å². The van der Waals surface area contributed by atoms with Gasteiger partial charge in [-0.25, -0.2) is 0 Å². The molecule has 0 spiro atoms. The predicted molar refractivity (Wildman–Crippen MR) is 91.2 cm³/mol. The monoisotopic (exact) mass is 288 g/mol. The predicted octanol–water partition coefficient (Wildman–Crippen LogP) is 4.20. The molecule has 1 aliphatic rings. The van der Waals surface area contributed by atoms with Crippen molar-refractivity contribution in [2.24, 2.45) is 11.7 Å². The fourth-order valence-electron chi connectivity index (χ4n) is 3.80. The van der Waals surface area contributed by atoms with Crippen molar-refractivity contribution in [3.63, 3.8) is 0 Å². The highest BCUT2D eigenvalue weighted by Gasteiger charge is 2.23. The Hall–Kier alpha value is -0.860. The highest BCUT2D eigenvalue weighted by molar-refractivity contribution is 5.14. The van der Waals surface area contributed by atoms with Gasteiger partial charge in [-0.05, 0) is 30.7 Å². The van der Waals surface area contributed by atoms with Crippen molar-refractivity contribution in [3.8, 4) is 0 Å². The second kappa shape index (κ2) is 9.22. The van der Waals surface area contributed by atoms with Gasteiger partial charge in [0.05, 0.1) is 0 Å². The first-order chi connectivity index (χ1) is 10.3. The summed E-state index contributed by atoms with van der Waals surface area (Å²) in [7, 11) is 0. The molecule has 1 aromatic carbocycles. The molecule has 0 radical (unpaired) electrons. The van der Waals surface area contributed by atoms with Gasteiger partial charge in [0.15, 0.2) is 0 Å². The summed E-state index contributed by atoms with van der Waals surface area (Å²) in [6.07, 6.45) is 9.71. The van der Waals surface area contributed by atoms with E-state index in [-0.39, 0.29) is 0 Å². The van der Waals surface area contributed by atoms with Crippen LogP contribution in [0.4, 0.5) is 0 Å². The van der Waals surface area contributed by atoms with Gasteiger partial charge in [0.1, 0.15) is 0 Å². The van der Waals surface area contributed by atoms with Gasteiger partial charge >= 0.3 is 0 Å². The van der Waals surface area contributed by atoms with Crippen LogP contribution in [0.1, 0.15) is 57.4 Å². The van der Waals surface area contributed by atoms with Crippen LogP contribution in [0.5, 0.6) is 0 Å². The standard InChI is InChI=1S/C19H32N2/c1-2-7-17-10-6-11-19(13-12-17)21(15-14-20)16-18-8-4-3-5-9-18/h3-5,8-9,17,19H,2,6-7,10-16,20H2,1H3. The van der Waals surface area contributed by atoms with Crippen LogP contribution in [0.15, 0.2) is 30.3 Å². The normalized spacial score (nSPS) is 23.2. The zero-order valence-corrected chi connectivity index (χ0v) is 13.6. The summed E-state index contributed by atoms with van der Waals surface area (Å²) in [4.78, 5) is 2.63. The van der Waals surface area contributed by atoms with Crippen molar-refractivity contribution in [2.75, 3.05) is 13.1 Å². The molecule has 0 amide bonds. The minimum atomic E-state index is 0.732. The summed E-state index contributed by atoms with van der Waals surface area (Å²) in [5.41, 5.74) is 7.28. The van der Waals surface area contributed by atoms with Crippen LogP contribution in [0.3, 0.4) is 0 Å². The summed E-state index contributed by atoms with van der Waals surface area (Å²) >= 11 is 0. The van der Waals surface area contributed by atoms with Gasteiger partial charge < -0.3 is 5.73 Å². The van der Waals surface area contributed by atoms with Crippen LogP contribution >= 0.6 is 0 Å². The van der Waals surface area contributed by atoms with E-state index in [1.54, 1.807) is 0 Å². The summed E-state index contributed by atoms with van der Waals surface area (Å²) in [5, 5.41) is 0. The summed E-state index contributed by atoms with van der Waals surface area (Å²) in [6, 6.07) is 11.6. The molecule has 1 fully saturated rings. The third kappa shape index (κ3) is 5.44. The summed E-state index contributed by atoms with van der Waals surface area (Å²) in [6.45, 7) is 5.17. The van der Waals surface area contributed by atoms with Crippen molar-refractivity contribution < 1.29 is 0 Å². The van der Waals surface area contributed by atoms with Gasteiger partial charge in [-0.3, -0.25) is 4.90 Å². The van der Waals surface area contributed by atoms with Crippen LogP contribution < -0.4 is 5.73 Å². The first-order valence-corrected chi connectivity index (χ1v) is 8.81. The van der Waals surface area contributed by atoms with Crippen molar-refractivity contribution in [1.82, 2.24) is 4.90 Å². The molecule has 21 heavy (non-hydrogen) atoms. The molecule has 2 heteroatoms. The first-order valence-electron chi connectivity index (χ1n) is 8.81. The molecule has 118 valence electrons. The fourth-order valence-corrected chi connectivity index (χ4v) is 3.80. The molecule has 2 rings (SSSR count). The highest BCUT2D eigenvalue weighted by Crippen LogP contribution is 2.29. The molecule has 0 aromatic heterocycles. The molecule has 1 aliphatic carbocycles. The second-order valence-electron chi connectivity index (χ2n) is 6.56. The van der Waals surface area contributed by atoms with Crippen molar-refractivity contribution >= 4 is 0 Å². The maximum atomic E-state index is 5.86. The zero-order valence-electron chi connectivity index (χ0n) is 13.6. The van der Waals surface area contributed by atoms with E-state index >= 15 is 0 Å². The molecule has 0 heterocycles. The lowest BCUT2D eigenvalue weighted by atomic mass is 9.95. The molecule has 2 N–H and O–H groups in total. The maximum absolute atomic E-state index is 5.86. The lowest BCUT2D eigenvalue weighted by molar-refractivity contribution is 0.173. The molecule has 2 atom stereocenters. The van der Waals surface area contributed by atoms with Crippen LogP contribution in [-0.4, -0.2) is 24.0 Å². The molecule has 0 saturated heterocycles. The SMILES string of the molecule is CCCC1CCCC(N(CCN)Cc2ccccc2)CC1. The molecule has 2 unspecified atom stereocenters. The molecule has 0 bridgehead atoms. The number of benzene rings is 1. The maximum Gasteiger partial charge on any atom is 0.0237 e. The Balaban J connectivity index is 1.94. The quantitative estimate of drug-likeness (QED) is 0.762. The Kier molecular flexibility index (Phi) is 7.25. The average Bonchev–Trinajstić information content (AvgIpc) is 2.74. The highest BCUT2D eigenvalue weighted by atomic mass is 15.2. The van der Waals surface area contributed by atoms with Gasteiger partial charge in [-0.15, -0.1) is 0 Å². The minimum absolute atomic E-state index is 0.732. The van der Waals surface area contributed by atoms with E-state index in [9.17, 15) is 0 Å². The molecule has 1 saturated carbocycles. The van der Waals surface area contributed by atoms with Gasteiger partial charge in [0.2, 0.25) is 0 Å². The zero-order chi connectivity index (χ0) is 14.9. The van der Waals surface area contributed by atoms with Gasteiger partial charge in [0.25, 0.3) is 0 Å². The summed E-state index contributed by atoms with van der Waals surface area (Å²) in [5.74, 6) is 0.969. The van der Waals surface area contributed by atoms with Crippen LogP contribution in [0.2, 0.25) is 0 Å². The minimum Gasteiger partial charge on any atom is -0.329 e. The lowest BCUT2D eigenvalue weighted by Crippen LogP contribution is -2.38. The Morgan fingerprint density at radius 1 is 1.10 bits per heavy atom. The molecular formula is C19H32N2. The number of nitrogens with two attached hydrogens (primary N) is 1. The average molecular weight is 288 g/mol. The van der Waals surface area contributed by atoms with Crippen molar-refractivity contribution in [2.45, 2.75) is 64.5 Å². The van der Waals surface area contributed by atoms with E-state index in [4.69, 9.17) is 5.73 Å². The Labute approximate surface area is 130 Å². The third-order valence-electron chi connectivity index (χ3n) is 4.92. The van der Waals surface area contributed by atoms with Crippen LogP contribution in [0.25, 0.3) is 0 Å². The van der Waals surface area contributed by atoms with Crippen molar-refractivity contribution in [3.05, 3.63) is 35.9 Å². The molecule has 2 nitrogen and oxygen atoms in total. The van der Waals surface area contributed by atoms with Gasteiger partial charge in [-0.1, -0.05) is 62.9 Å². The smallest absolute Gasteiger partial charge is 0.0237 e. The van der Waals surface area contributed by atoms with Crippen LogP contribution in [0, 0.1) is 5.92 Å². The first kappa shape index (κ1) is 16.5. The topological polar surface area (TPSA) is 29.3 Å². The second-order valence-corrected chi connectivity index (χ2v) is 6.56. The number of nitrogens with zero attached hydrogens (tertiary/aromatic N) is 1. The van der Waals surface area contributed by atoms with E-state index in [0.717, 1.165) is 31.6 Å². The number of hydrogen-bond acceptors (Lipinski definition) is 2. The van der Waals surface area contributed by atoms with E-state index < -0.39 is 0 Å². The molecular weight excluding hydrogens is 256 g/mol. The number of rotatable bonds is 7. The van der Waals surface area contributed by atoms with E-state index in [1.165, 1.54) is 50.5 Å². The molecule has 1 aromatic rings. The Bertz CT molecular complexity index is 376. The fraction of sp³-hybridized carbons (Fsp3) is 0.684. The Morgan fingerprint density at radius 2 is 1.90 bits per heavy atom. The lowest BCUT2D eigenvalue weighted by Gasteiger charge is -2.31. The largest absolute Gasteiger partial charge is 0.329 e.